The molecule has 1 rings (SSSR count). The number of nitrogens with zero attached hydrogens (tertiary/aromatic N) is 1. The molecule has 1 heterocycles. The highest BCUT2D eigenvalue weighted by Gasteiger charge is 2.19. The molecule has 1 aromatic rings. The van der Waals surface area contributed by atoms with Crippen molar-refractivity contribution >= 4 is 0 Å². The van der Waals surface area contributed by atoms with E-state index in [2.05, 4.69) is 4.98 Å². The maximum atomic E-state index is 13.5. The number of rotatable bonds is 1. The molecule has 0 spiro atoms. The van der Waals surface area contributed by atoms with Gasteiger partial charge in [0.05, 0.1) is 5.69 Å². The minimum Gasteiger partial charge on any atom is -0.257 e. The summed E-state index contributed by atoms with van der Waals surface area (Å²) in [4.78, 5) is 4.15. The summed E-state index contributed by atoms with van der Waals surface area (Å²) in [5.41, 5.74) is 1.28. The Hall–Kier alpha value is -0.920. The molecular weight excluding hydrogens is 165 g/mol. The van der Waals surface area contributed by atoms with Crippen molar-refractivity contribution in [3.05, 3.63) is 29.3 Å². The molecule has 1 aromatic heterocycles. The molecule has 0 aliphatic rings. The third-order valence-corrected chi connectivity index (χ3v) is 2.02. The van der Waals surface area contributed by atoms with Crippen molar-refractivity contribution < 1.29 is 4.39 Å². The van der Waals surface area contributed by atoms with Crippen LogP contribution in [0, 0.1) is 5.82 Å². The summed E-state index contributed by atoms with van der Waals surface area (Å²) < 4.78 is 13.5. The molecule has 0 fully saturated rings. The first kappa shape index (κ1) is 10.2. The third-order valence-electron chi connectivity index (χ3n) is 2.02. The van der Waals surface area contributed by atoms with Crippen LogP contribution in [0.25, 0.3) is 0 Å². The Morgan fingerprint density at radius 1 is 1.38 bits per heavy atom. The molecule has 0 amide bonds. The summed E-state index contributed by atoms with van der Waals surface area (Å²) in [7, 11) is 0. The van der Waals surface area contributed by atoms with E-state index in [1.807, 2.05) is 27.7 Å². The Balaban J connectivity index is 3.13. The number of hydrogen-bond donors (Lipinski definition) is 0. The molecule has 0 N–H and O–H groups in total. The van der Waals surface area contributed by atoms with Gasteiger partial charge in [-0.3, -0.25) is 4.98 Å². The van der Waals surface area contributed by atoms with Gasteiger partial charge in [-0.05, 0) is 18.1 Å². The Labute approximate surface area is 79.0 Å². The van der Waals surface area contributed by atoms with E-state index in [1.165, 1.54) is 0 Å². The molecule has 0 radical (unpaired) electrons. The molecule has 1 nitrogen and oxygen atoms in total. The molecule has 0 aliphatic carbocycles. The highest BCUT2D eigenvalue weighted by Crippen LogP contribution is 2.23. The van der Waals surface area contributed by atoms with Crippen LogP contribution >= 0.6 is 0 Å². The molecule has 0 saturated carbocycles. The van der Waals surface area contributed by atoms with Gasteiger partial charge in [0.15, 0.2) is 0 Å². The highest BCUT2D eigenvalue weighted by molar-refractivity contribution is 5.21. The van der Waals surface area contributed by atoms with Gasteiger partial charge in [0.2, 0.25) is 0 Å². The van der Waals surface area contributed by atoms with Gasteiger partial charge >= 0.3 is 0 Å². The van der Waals surface area contributed by atoms with Crippen molar-refractivity contribution in [2.45, 2.75) is 39.5 Å². The molecule has 2 heteroatoms. The fraction of sp³-hybridized carbons (Fsp3) is 0.545. The van der Waals surface area contributed by atoms with Crippen molar-refractivity contribution in [2.75, 3.05) is 0 Å². The SMILES string of the molecule is CCc1cnc(C(C)(C)C)c(F)c1. The van der Waals surface area contributed by atoms with Crippen LogP contribution in [0.3, 0.4) is 0 Å². The zero-order valence-corrected chi connectivity index (χ0v) is 8.69. The molecule has 0 atom stereocenters. The van der Waals surface area contributed by atoms with Crippen LogP contribution in [-0.4, -0.2) is 4.98 Å². The summed E-state index contributed by atoms with van der Waals surface area (Å²) in [6, 6.07) is 1.58. The smallest absolute Gasteiger partial charge is 0.145 e. The highest BCUT2D eigenvalue weighted by atomic mass is 19.1. The van der Waals surface area contributed by atoms with E-state index >= 15 is 0 Å². The van der Waals surface area contributed by atoms with E-state index in [1.54, 1.807) is 12.3 Å². The average Bonchev–Trinajstić information content (AvgIpc) is 2.01. The molecular formula is C11H16FN. The molecule has 0 aromatic carbocycles. The molecule has 0 unspecified atom stereocenters. The van der Waals surface area contributed by atoms with E-state index in [-0.39, 0.29) is 11.2 Å². The van der Waals surface area contributed by atoms with Gasteiger partial charge < -0.3 is 0 Å². The lowest BCUT2D eigenvalue weighted by molar-refractivity contribution is 0.501. The maximum absolute atomic E-state index is 13.5. The second-order valence-electron chi connectivity index (χ2n) is 4.28. The van der Waals surface area contributed by atoms with Crippen LogP contribution in [0.15, 0.2) is 12.3 Å². The second-order valence-corrected chi connectivity index (χ2v) is 4.28. The minimum atomic E-state index is -0.212. The molecule has 0 bridgehead atoms. The van der Waals surface area contributed by atoms with Crippen molar-refractivity contribution in [1.82, 2.24) is 4.98 Å². The van der Waals surface area contributed by atoms with E-state index in [4.69, 9.17) is 0 Å². The van der Waals surface area contributed by atoms with Gasteiger partial charge in [-0.2, -0.15) is 0 Å². The number of halogens is 1. The lowest BCUT2D eigenvalue weighted by Crippen LogP contribution is -2.16. The predicted molar refractivity (Wildman–Crippen MR) is 52.3 cm³/mol. The van der Waals surface area contributed by atoms with Gasteiger partial charge in [-0.25, -0.2) is 4.39 Å². The van der Waals surface area contributed by atoms with Crippen molar-refractivity contribution in [3.8, 4) is 0 Å². The van der Waals surface area contributed by atoms with Crippen LogP contribution in [-0.2, 0) is 11.8 Å². The number of aryl methyl sites for hydroxylation is 1. The monoisotopic (exact) mass is 181 g/mol. The topological polar surface area (TPSA) is 12.9 Å². The van der Waals surface area contributed by atoms with E-state index in [0.29, 0.717) is 5.69 Å². The first-order chi connectivity index (χ1) is 5.95. The van der Waals surface area contributed by atoms with Gasteiger partial charge in [0.25, 0.3) is 0 Å². The second kappa shape index (κ2) is 3.44. The van der Waals surface area contributed by atoms with Gasteiger partial charge in [-0.1, -0.05) is 27.7 Å². The first-order valence-electron chi connectivity index (χ1n) is 4.60. The van der Waals surface area contributed by atoms with E-state index < -0.39 is 0 Å². The minimum absolute atomic E-state index is 0.188. The zero-order valence-electron chi connectivity index (χ0n) is 8.69. The van der Waals surface area contributed by atoms with Crippen molar-refractivity contribution in [2.24, 2.45) is 0 Å². The van der Waals surface area contributed by atoms with Crippen LogP contribution in [0.5, 0.6) is 0 Å². The fourth-order valence-corrected chi connectivity index (χ4v) is 1.22. The Morgan fingerprint density at radius 3 is 2.38 bits per heavy atom. The molecule has 0 saturated heterocycles. The summed E-state index contributed by atoms with van der Waals surface area (Å²) in [5.74, 6) is -0.188. The molecule has 0 aliphatic heterocycles. The molecule has 72 valence electrons. The first-order valence-corrected chi connectivity index (χ1v) is 4.60. The van der Waals surface area contributed by atoms with E-state index in [9.17, 15) is 4.39 Å². The average molecular weight is 181 g/mol. The zero-order chi connectivity index (χ0) is 10.1. The summed E-state index contributed by atoms with van der Waals surface area (Å²) in [6.07, 6.45) is 2.58. The van der Waals surface area contributed by atoms with Gasteiger partial charge in [0, 0.05) is 11.6 Å². The summed E-state index contributed by atoms with van der Waals surface area (Å²) >= 11 is 0. The Kier molecular flexibility index (Phi) is 2.69. The number of aromatic nitrogens is 1. The number of pyridine rings is 1. The standard InChI is InChI=1S/C11H16FN/c1-5-8-6-9(12)10(13-7-8)11(2,3)4/h6-7H,5H2,1-4H3. The summed E-state index contributed by atoms with van der Waals surface area (Å²) in [6.45, 7) is 7.88. The number of hydrogen-bond acceptors (Lipinski definition) is 1. The Morgan fingerprint density at radius 2 is 2.00 bits per heavy atom. The lowest BCUT2D eigenvalue weighted by Gasteiger charge is -2.18. The van der Waals surface area contributed by atoms with Crippen LogP contribution in [0.4, 0.5) is 4.39 Å². The van der Waals surface area contributed by atoms with Crippen molar-refractivity contribution in [1.29, 1.82) is 0 Å². The fourth-order valence-electron chi connectivity index (χ4n) is 1.22. The Bertz CT molecular complexity index is 299. The lowest BCUT2D eigenvalue weighted by atomic mass is 9.91. The largest absolute Gasteiger partial charge is 0.257 e. The summed E-state index contributed by atoms with van der Waals surface area (Å²) in [5, 5.41) is 0. The maximum Gasteiger partial charge on any atom is 0.145 e. The van der Waals surface area contributed by atoms with Gasteiger partial charge in [0.1, 0.15) is 5.82 Å². The van der Waals surface area contributed by atoms with E-state index in [0.717, 1.165) is 12.0 Å². The normalized spacial score (nSPS) is 11.8. The van der Waals surface area contributed by atoms with Crippen LogP contribution in [0.2, 0.25) is 0 Å². The van der Waals surface area contributed by atoms with Crippen LogP contribution in [0.1, 0.15) is 39.0 Å². The predicted octanol–water partition coefficient (Wildman–Crippen LogP) is 3.08. The third kappa shape index (κ3) is 2.27. The van der Waals surface area contributed by atoms with Gasteiger partial charge in [-0.15, -0.1) is 0 Å². The molecule has 13 heavy (non-hydrogen) atoms. The quantitative estimate of drug-likeness (QED) is 0.648. The van der Waals surface area contributed by atoms with Crippen LogP contribution < -0.4 is 0 Å². The van der Waals surface area contributed by atoms with Crippen molar-refractivity contribution in [3.63, 3.8) is 0 Å².